The van der Waals surface area contributed by atoms with E-state index in [-0.39, 0.29) is 0 Å². The van der Waals surface area contributed by atoms with Gasteiger partial charge in [0, 0.05) is 65.1 Å². The van der Waals surface area contributed by atoms with E-state index < -0.39 is 5.41 Å². The number of para-hydroxylation sites is 4. The summed E-state index contributed by atoms with van der Waals surface area (Å²) in [4.78, 5) is 5.01. The van der Waals surface area contributed by atoms with Crippen LogP contribution in [0.3, 0.4) is 0 Å². The molecule has 17 rings (SSSR count). The molecular weight excluding hydrogens is 1030 g/mol. The third-order valence-electron chi connectivity index (χ3n) is 17.6. The van der Waals surface area contributed by atoms with Gasteiger partial charge in [-0.25, -0.2) is 0 Å². The van der Waals surface area contributed by atoms with Crippen LogP contribution in [0.15, 0.2) is 282 Å². The molecule has 1 spiro atoms. The van der Waals surface area contributed by atoms with Gasteiger partial charge >= 0.3 is 0 Å². The summed E-state index contributed by atoms with van der Waals surface area (Å²) < 4.78 is 13.1. The number of nitrogens with zero attached hydrogens (tertiary/aromatic N) is 1. The summed E-state index contributed by atoms with van der Waals surface area (Å²) in [6.07, 6.45) is 0. The van der Waals surface area contributed by atoms with Crippen LogP contribution in [0.25, 0.3) is 120 Å². The second-order valence-electron chi connectivity index (χ2n) is 22.4. The highest BCUT2D eigenvalue weighted by atomic mass is 32.1. The van der Waals surface area contributed by atoms with Crippen molar-refractivity contribution in [3.05, 3.63) is 306 Å². The van der Waals surface area contributed by atoms with Crippen molar-refractivity contribution in [2.75, 3.05) is 4.90 Å². The minimum Gasteiger partial charge on any atom is -0.455 e. The number of hydrogen-bond donors (Lipinski definition) is 0. The van der Waals surface area contributed by atoms with Gasteiger partial charge in [0.1, 0.15) is 22.3 Å². The Morgan fingerprint density at radius 3 is 1.35 bits per heavy atom. The van der Waals surface area contributed by atoms with Crippen molar-refractivity contribution in [2.45, 2.75) is 19.3 Å². The van der Waals surface area contributed by atoms with Gasteiger partial charge in [-0.05, 0) is 135 Å². The standard InChI is InChI=1S/C79H51NO2S/c1-48-31-44-65-68(46-48)79(67-28-12-9-23-64(67)73-74(79)78(54-19-7-4-8-20-54)83-77(73)53-17-5-3-6-18-53)69-47-49(2)45-66(72(65)69)52-36-42-57(43-37-52)80(55-38-32-50(33-39-55)58-24-15-26-62-60-21-10-13-29-70(60)81-75(58)62)56-40-34-51(35-41-56)59-25-16-27-63-61-22-11-14-30-71(61)82-76(59)63/h3-47H,1-2H3. The van der Waals surface area contributed by atoms with Crippen molar-refractivity contribution in [1.29, 1.82) is 0 Å². The summed E-state index contributed by atoms with van der Waals surface area (Å²) in [5.41, 5.74) is 28.6. The molecule has 0 fully saturated rings. The largest absolute Gasteiger partial charge is 0.455 e. The van der Waals surface area contributed by atoms with Crippen LogP contribution in [0.4, 0.5) is 17.1 Å². The highest BCUT2D eigenvalue weighted by Gasteiger charge is 2.55. The Labute approximate surface area is 485 Å². The summed E-state index contributed by atoms with van der Waals surface area (Å²) in [7, 11) is 0. The van der Waals surface area contributed by atoms with Crippen molar-refractivity contribution in [3.63, 3.8) is 0 Å². The maximum atomic E-state index is 6.54. The number of thiophene rings is 1. The third kappa shape index (κ3) is 7.10. The Balaban J connectivity index is 0.825. The van der Waals surface area contributed by atoms with E-state index >= 15 is 0 Å². The first-order chi connectivity index (χ1) is 41.0. The summed E-state index contributed by atoms with van der Waals surface area (Å²) in [5, 5.41) is 4.49. The van der Waals surface area contributed by atoms with Crippen LogP contribution in [0.1, 0.15) is 33.4 Å². The number of anilines is 3. The second-order valence-corrected chi connectivity index (χ2v) is 23.4. The van der Waals surface area contributed by atoms with Crippen molar-refractivity contribution < 1.29 is 8.83 Å². The molecule has 0 saturated carbocycles. The topological polar surface area (TPSA) is 29.5 Å². The monoisotopic (exact) mass is 1080 g/mol. The number of benzene rings is 12. The lowest BCUT2D eigenvalue weighted by atomic mass is 9.69. The molecule has 0 radical (unpaired) electrons. The smallest absolute Gasteiger partial charge is 0.143 e. The molecule has 12 aromatic carbocycles. The molecule has 0 saturated heterocycles. The highest BCUT2D eigenvalue weighted by molar-refractivity contribution is 7.19. The number of hydrogen-bond acceptors (Lipinski definition) is 4. The predicted octanol–water partition coefficient (Wildman–Crippen LogP) is 22.3. The molecule has 15 aromatic rings. The normalized spacial score (nSPS) is 14.0. The SMILES string of the molecule is Cc1ccc2c(c1)C1(c3ccccc3-c3c(-c4ccccc4)sc(-c4ccccc4)c31)c1cc(C)cc(-c3ccc(N(c4ccc(-c5cccc6c5oc5ccccc56)cc4)c4ccc(-c5cccc6c5oc5ccccc56)cc4)cc3)c1-2. The number of fused-ring (bicyclic) bond motifs is 16. The van der Waals surface area contributed by atoms with E-state index in [0.29, 0.717) is 0 Å². The Morgan fingerprint density at radius 1 is 0.313 bits per heavy atom. The molecule has 3 aromatic heterocycles. The Hall–Kier alpha value is -10.3. The van der Waals surface area contributed by atoms with Crippen LogP contribution in [0, 0.1) is 13.8 Å². The molecule has 0 N–H and O–H groups in total. The molecule has 0 amide bonds. The van der Waals surface area contributed by atoms with E-state index in [2.05, 4.69) is 267 Å². The van der Waals surface area contributed by atoms with Gasteiger partial charge in [-0.3, -0.25) is 0 Å². The molecule has 3 nitrogen and oxygen atoms in total. The quantitative estimate of drug-likeness (QED) is 0.152. The van der Waals surface area contributed by atoms with Crippen LogP contribution in [-0.4, -0.2) is 0 Å². The maximum Gasteiger partial charge on any atom is 0.143 e. The summed E-state index contributed by atoms with van der Waals surface area (Å²) in [5.74, 6) is 0. The van der Waals surface area contributed by atoms with E-state index in [1.807, 2.05) is 35.6 Å². The fourth-order valence-corrected chi connectivity index (χ4v) is 15.4. The molecule has 0 bridgehead atoms. The van der Waals surface area contributed by atoms with E-state index in [0.717, 1.165) is 83.2 Å². The van der Waals surface area contributed by atoms with Gasteiger partial charge in [0.2, 0.25) is 0 Å². The molecule has 4 heteroatoms. The van der Waals surface area contributed by atoms with Crippen LogP contribution in [0.2, 0.25) is 0 Å². The fourth-order valence-electron chi connectivity index (χ4n) is 14.1. The zero-order chi connectivity index (χ0) is 54.9. The molecule has 1 atom stereocenters. The minimum absolute atomic E-state index is 0.557. The zero-order valence-electron chi connectivity index (χ0n) is 45.7. The van der Waals surface area contributed by atoms with Crippen LogP contribution >= 0.6 is 11.3 Å². The molecule has 1 unspecified atom stereocenters. The number of aryl methyl sites for hydroxylation is 2. The van der Waals surface area contributed by atoms with Crippen molar-refractivity contribution >= 4 is 72.3 Å². The van der Waals surface area contributed by atoms with Crippen molar-refractivity contribution in [2.24, 2.45) is 0 Å². The van der Waals surface area contributed by atoms with Gasteiger partial charge in [0.25, 0.3) is 0 Å². The molecule has 3 heterocycles. The fraction of sp³-hybridized carbons (Fsp3) is 0.0380. The maximum absolute atomic E-state index is 6.54. The Bertz CT molecular complexity index is 4930. The van der Waals surface area contributed by atoms with Gasteiger partial charge in [-0.1, -0.05) is 236 Å². The second kappa shape index (κ2) is 18.4. The van der Waals surface area contributed by atoms with E-state index in [1.165, 1.54) is 87.6 Å². The molecule has 390 valence electrons. The lowest BCUT2D eigenvalue weighted by Crippen LogP contribution is -2.26. The average molecular weight is 1080 g/mol. The number of furan rings is 2. The first kappa shape index (κ1) is 47.5. The first-order valence-corrected chi connectivity index (χ1v) is 29.4. The van der Waals surface area contributed by atoms with Gasteiger partial charge in [0.15, 0.2) is 0 Å². The van der Waals surface area contributed by atoms with Crippen molar-refractivity contribution in [3.8, 4) is 76.5 Å². The number of rotatable bonds is 8. The molecule has 2 aliphatic carbocycles. The van der Waals surface area contributed by atoms with E-state index in [1.54, 1.807) is 0 Å². The molecular formula is C79H51NO2S. The van der Waals surface area contributed by atoms with Gasteiger partial charge in [0.05, 0.1) is 5.41 Å². The average Bonchev–Trinajstić information content (AvgIpc) is 1.52. The summed E-state index contributed by atoms with van der Waals surface area (Å²) in [6, 6.07) is 100. The van der Waals surface area contributed by atoms with Gasteiger partial charge in [-0.15, -0.1) is 11.3 Å². The van der Waals surface area contributed by atoms with Crippen LogP contribution in [0.5, 0.6) is 0 Å². The van der Waals surface area contributed by atoms with Crippen molar-refractivity contribution in [1.82, 2.24) is 0 Å². The zero-order valence-corrected chi connectivity index (χ0v) is 46.5. The summed E-state index contributed by atoms with van der Waals surface area (Å²) in [6.45, 7) is 4.53. The van der Waals surface area contributed by atoms with E-state index in [4.69, 9.17) is 8.83 Å². The van der Waals surface area contributed by atoms with E-state index in [9.17, 15) is 0 Å². The minimum atomic E-state index is -0.557. The Morgan fingerprint density at radius 2 is 0.771 bits per heavy atom. The first-order valence-electron chi connectivity index (χ1n) is 28.5. The molecule has 0 aliphatic heterocycles. The molecule has 83 heavy (non-hydrogen) atoms. The van der Waals surface area contributed by atoms with Crippen LogP contribution in [-0.2, 0) is 5.41 Å². The van der Waals surface area contributed by atoms with Gasteiger partial charge < -0.3 is 13.7 Å². The predicted molar refractivity (Wildman–Crippen MR) is 347 cm³/mol. The van der Waals surface area contributed by atoms with Crippen LogP contribution < -0.4 is 4.90 Å². The molecule has 2 aliphatic rings. The highest BCUT2D eigenvalue weighted by Crippen LogP contribution is 2.69. The lowest BCUT2D eigenvalue weighted by molar-refractivity contribution is 0.669. The van der Waals surface area contributed by atoms with Gasteiger partial charge in [-0.2, -0.15) is 0 Å². The lowest BCUT2D eigenvalue weighted by Gasteiger charge is -2.31. The Kier molecular flexibility index (Phi) is 10.5. The summed E-state index contributed by atoms with van der Waals surface area (Å²) >= 11 is 1.94. The third-order valence-corrected chi connectivity index (χ3v) is 18.9.